The summed E-state index contributed by atoms with van der Waals surface area (Å²) in [5.41, 5.74) is 3.53. The van der Waals surface area contributed by atoms with Gasteiger partial charge in [-0.15, -0.1) is 11.8 Å². The second-order valence-corrected chi connectivity index (χ2v) is 6.72. The largest absolute Gasteiger partial charge is 0.497 e. The fourth-order valence-electron chi connectivity index (χ4n) is 2.27. The van der Waals surface area contributed by atoms with Crippen LogP contribution in [0.25, 0.3) is 0 Å². The molecule has 5 heteroatoms. The van der Waals surface area contributed by atoms with E-state index < -0.39 is 0 Å². The molecule has 0 saturated heterocycles. The van der Waals surface area contributed by atoms with Gasteiger partial charge in [0, 0.05) is 5.75 Å². The summed E-state index contributed by atoms with van der Waals surface area (Å²) in [7, 11) is 1.65. The minimum Gasteiger partial charge on any atom is -0.497 e. The first kappa shape index (κ1) is 19.2. The van der Waals surface area contributed by atoms with Crippen molar-refractivity contribution in [2.24, 2.45) is 0 Å². The van der Waals surface area contributed by atoms with Crippen LogP contribution in [0, 0.1) is 13.8 Å². The van der Waals surface area contributed by atoms with Gasteiger partial charge in [0.1, 0.15) is 18.1 Å². The molecule has 0 radical (unpaired) electrons. The number of carbonyl (C=O) groups excluding carboxylic acids is 1. The lowest BCUT2D eigenvalue weighted by Gasteiger charge is -2.11. The number of amides is 1. The summed E-state index contributed by atoms with van der Waals surface area (Å²) in [6.45, 7) is 5.08. The molecule has 2 aromatic rings. The highest BCUT2D eigenvalue weighted by molar-refractivity contribution is 7.99. The summed E-state index contributed by atoms with van der Waals surface area (Å²) in [4.78, 5) is 11.9. The van der Waals surface area contributed by atoms with Crippen LogP contribution in [0.5, 0.6) is 11.5 Å². The molecule has 0 saturated carbocycles. The average Bonchev–Trinajstić information content (AvgIpc) is 2.62. The van der Waals surface area contributed by atoms with Gasteiger partial charge in [-0.05, 0) is 48.7 Å². The normalized spacial score (nSPS) is 10.4. The van der Waals surface area contributed by atoms with Gasteiger partial charge in [-0.25, -0.2) is 0 Å². The number of aryl methyl sites for hydroxylation is 1. The molecule has 0 aliphatic heterocycles. The summed E-state index contributed by atoms with van der Waals surface area (Å²) in [5, 5.41) is 2.89. The second kappa shape index (κ2) is 9.99. The highest BCUT2D eigenvalue weighted by atomic mass is 32.2. The molecule has 0 fully saturated rings. The maximum absolute atomic E-state index is 11.9. The Kier molecular flexibility index (Phi) is 7.67. The van der Waals surface area contributed by atoms with Gasteiger partial charge in [-0.3, -0.25) is 4.79 Å². The van der Waals surface area contributed by atoms with Crippen LogP contribution in [0.1, 0.15) is 16.7 Å². The number of ether oxygens (including phenoxy) is 2. The zero-order valence-electron chi connectivity index (χ0n) is 15.0. The molecule has 1 N–H and O–H groups in total. The van der Waals surface area contributed by atoms with Crippen molar-refractivity contribution >= 4 is 17.7 Å². The average molecular weight is 359 g/mol. The number of methoxy groups -OCH3 is 1. The maximum Gasteiger partial charge on any atom is 0.230 e. The molecule has 134 valence electrons. The number of thioether (sulfide) groups is 1. The smallest absolute Gasteiger partial charge is 0.230 e. The number of benzene rings is 2. The van der Waals surface area contributed by atoms with Gasteiger partial charge in [0.15, 0.2) is 0 Å². The number of nitrogens with one attached hydrogen (secondary N) is 1. The van der Waals surface area contributed by atoms with Gasteiger partial charge in [0.2, 0.25) is 5.91 Å². The van der Waals surface area contributed by atoms with E-state index in [1.165, 1.54) is 11.1 Å². The lowest BCUT2D eigenvalue weighted by Crippen LogP contribution is -2.29. The number of rotatable bonds is 9. The molecule has 0 heterocycles. The van der Waals surface area contributed by atoms with Crippen LogP contribution in [0.4, 0.5) is 0 Å². The molecule has 0 unspecified atom stereocenters. The van der Waals surface area contributed by atoms with Crippen molar-refractivity contribution in [3.63, 3.8) is 0 Å². The molecular weight excluding hydrogens is 334 g/mol. The van der Waals surface area contributed by atoms with Gasteiger partial charge in [0.25, 0.3) is 0 Å². The van der Waals surface area contributed by atoms with E-state index in [4.69, 9.17) is 9.47 Å². The Balaban J connectivity index is 1.61. The Bertz CT molecular complexity index is 686. The predicted molar refractivity (Wildman–Crippen MR) is 104 cm³/mol. The van der Waals surface area contributed by atoms with Crippen molar-refractivity contribution in [3.05, 3.63) is 59.2 Å². The van der Waals surface area contributed by atoms with E-state index in [-0.39, 0.29) is 5.91 Å². The summed E-state index contributed by atoms with van der Waals surface area (Å²) < 4.78 is 10.9. The van der Waals surface area contributed by atoms with Crippen molar-refractivity contribution < 1.29 is 14.3 Å². The van der Waals surface area contributed by atoms with Crippen LogP contribution in [0.15, 0.2) is 42.5 Å². The predicted octanol–water partition coefficient (Wildman–Crippen LogP) is 3.74. The van der Waals surface area contributed by atoms with E-state index >= 15 is 0 Å². The van der Waals surface area contributed by atoms with Gasteiger partial charge in [-0.2, -0.15) is 0 Å². The molecule has 2 aromatic carbocycles. The zero-order valence-corrected chi connectivity index (χ0v) is 15.8. The summed E-state index contributed by atoms with van der Waals surface area (Å²) in [6, 6.07) is 13.9. The van der Waals surface area contributed by atoms with E-state index in [2.05, 4.69) is 18.3 Å². The minimum atomic E-state index is 0.0306. The first-order chi connectivity index (χ1) is 12.1. The topological polar surface area (TPSA) is 47.6 Å². The Hall–Kier alpha value is -2.14. The third-order valence-electron chi connectivity index (χ3n) is 3.90. The number of hydrogen-bond acceptors (Lipinski definition) is 4. The van der Waals surface area contributed by atoms with Crippen LogP contribution in [0.3, 0.4) is 0 Å². The van der Waals surface area contributed by atoms with E-state index in [9.17, 15) is 4.79 Å². The Morgan fingerprint density at radius 3 is 2.60 bits per heavy atom. The van der Waals surface area contributed by atoms with E-state index in [0.29, 0.717) is 18.9 Å². The van der Waals surface area contributed by atoms with Crippen molar-refractivity contribution in [1.82, 2.24) is 5.32 Å². The molecule has 0 spiro atoms. The van der Waals surface area contributed by atoms with Gasteiger partial charge < -0.3 is 14.8 Å². The lowest BCUT2D eigenvalue weighted by atomic mass is 10.1. The molecular formula is C20H25NO3S. The molecule has 0 aromatic heterocycles. The van der Waals surface area contributed by atoms with Gasteiger partial charge in [0.05, 0.1) is 19.4 Å². The van der Waals surface area contributed by atoms with E-state index in [0.717, 1.165) is 22.8 Å². The Labute approximate surface area is 153 Å². The zero-order chi connectivity index (χ0) is 18.1. The summed E-state index contributed by atoms with van der Waals surface area (Å²) in [6.07, 6.45) is 0. The van der Waals surface area contributed by atoms with Crippen molar-refractivity contribution in [3.8, 4) is 11.5 Å². The van der Waals surface area contributed by atoms with Crippen LogP contribution >= 0.6 is 11.8 Å². The van der Waals surface area contributed by atoms with Crippen molar-refractivity contribution in [2.75, 3.05) is 26.0 Å². The third-order valence-corrected chi connectivity index (χ3v) is 4.90. The van der Waals surface area contributed by atoms with Crippen LogP contribution in [0.2, 0.25) is 0 Å². The molecule has 0 aliphatic rings. The number of carbonyl (C=O) groups is 1. The first-order valence-corrected chi connectivity index (χ1v) is 9.42. The first-order valence-electron chi connectivity index (χ1n) is 8.26. The standard InChI is InChI=1S/C20H25NO3S/c1-15-5-4-6-19(16(15)2)24-12-11-21-20(22)14-25-13-17-7-9-18(23-3)10-8-17/h4-10H,11-14H2,1-3H3,(H,21,22). The van der Waals surface area contributed by atoms with Gasteiger partial charge >= 0.3 is 0 Å². The Morgan fingerprint density at radius 1 is 1.12 bits per heavy atom. The fraction of sp³-hybridized carbons (Fsp3) is 0.350. The third kappa shape index (κ3) is 6.35. The van der Waals surface area contributed by atoms with Crippen LogP contribution in [-0.4, -0.2) is 31.9 Å². The molecule has 0 atom stereocenters. The maximum atomic E-state index is 11.9. The second-order valence-electron chi connectivity index (χ2n) is 5.74. The molecule has 4 nitrogen and oxygen atoms in total. The Morgan fingerprint density at radius 2 is 1.88 bits per heavy atom. The van der Waals surface area contributed by atoms with Gasteiger partial charge in [-0.1, -0.05) is 24.3 Å². The fourth-order valence-corrected chi connectivity index (χ4v) is 3.08. The van der Waals surface area contributed by atoms with Crippen molar-refractivity contribution in [2.45, 2.75) is 19.6 Å². The molecule has 0 aliphatic carbocycles. The molecule has 2 rings (SSSR count). The lowest BCUT2D eigenvalue weighted by molar-refractivity contribution is -0.118. The summed E-state index contributed by atoms with van der Waals surface area (Å²) >= 11 is 1.59. The quantitative estimate of drug-likeness (QED) is 0.693. The molecule has 0 bridgehead atoms. The highest BCUT2D eigenvalue weighted by Gasteiger charge is 2.04. The SMILES string of the molecule is COc1ccc(CSCC(=O)NCCOc2cccc(C)c2C)cc1. The monoisotopic (exact) mass is 359 g/mol. The highest BCUT2D eigenvalue weighted by Crippen LogP contribution is 2.20. The van der Waals surface area contributed by atoms with Crippen molar-refractivity contribution in [1.29, 1.82) is 0 Å². The van der Waals surface area contributed by atoms with E-state index in [1.54, 1.807) is 18.9 Å². The molecule has 25 heavy (non-hydrogen) atoms. The summed E-state index contributed by atoms with van der Waals surface area (Å²) in [5.74, 6) is 2.99. The van der Waals surface area contributed by atoms with E-state index in [1.807, 2.05) is 43.3 Å². The number of hydrogen-bond donors (Lipinski definition) is 1. The van der Waals surface area contributed by atoms with Crippen LogP contribution in [-0.2, 0) is 10.5 Å². The van der Waals surface area contributed by atoms with Crippen LogP contribution < -0.4 is 14.8 Å². The minimum absolute atomic E-state index is 0.0306. The molecule has 1 amide bonds.